The smallest absolute Gasteiger partial charge is 0.166 e. The van der Waals surface area contributed by atoms with Gasteiger partial charge < -0.3 is 5.11 Å². The monoisotopic (exact) mass is 211 g/mol. The molecule has 0 unspecified atom stereocenters. The Labute approximate surface area is 85.0 Å². The van der Waals surface area contributed by atoms with Crippen LogP contribution in [0.2, 0.25) is 5.02 Å². The first-order valence-corrected chi connectivity index (χ1v) is 4.41. The summed E-state index contributed by atoms with van der Waals surface area (Å²) in [5, 5.41) is 10.2. The summed E-state index contributed by atoms with van der Waals surface area (Å²) < 4.78 is 13.0. The third-order valence-electron chi connectivity index (χ3n) is 1.95. The number of benzene rings is 1. The maximum atomic E-state index is 13.0. The molecule has 0 saturated heterocycles. The van der Waals surface area contributed by atoms with Crippen LogP contribution >= 0.6 is 11.6 Å². The average Bonchev–Trinajstić information content (AvgIpc) is 2.08. The molecule has 0 aliphatic heterocycles. The topological polar surface area (TPSA) is 33.1 Å². The van der Waals surface area contributed by atoms with Crippen molar-refractivity contribution >= 4 is 22.5 Å². The van der Waals surface area contributed by atoms with Crippen molar-refractivity contribution in [2.75, 3.05) is 0 Å². The molecule has 0 atom stereocenters. The zero-order valence-corrected chi connectivity index (χ0v) is 8.14. The SMILES string of the molecule is Cc1cc(Cl)c2cc(O)c(F)cc2n1. The number of aromatic nitrogens is 1. The largest absolute Gasteiger partial charge is 0.505 e. The zero-order chi connectivity index (χ0) is 10.3. The van der Waals surface area contributed by atoms with E-state index in [-0.39, 0.29) is 0 Å². The van der Waals surface area contributed by atoms with Gasteiger partial charge in [0.05, 0.1) is 10.5 Å². The lowest BCUT2D eigenvalue weighted by atomic mass is 10.2. The molecule has 0 bridgehead atoms. The van der Waals surface area contributed by atoms with E-state index in [9.17, 15) is 4.39 Å². The summed E-state index contributed by atoms with van der Waals surface area (Å²) >= 11 is 5.91. The molecular formula is C10H7ClFNO. The Morgan fingerprint density at radius 3 is 2.79 bits per heavy atom. The lowest BCUT2D eigenvalue weighted by Crippen LogP contribution is -1.86. The first-order valence-electron chi connectivity index (χ1n) is 4.03. The quantitative estimate of drug-likeness (QED) is 0.727. The van der Waals surface area contributed by atoms with Crippen LogP contribution in [-0.4, -0.2) is 10.1 Å². The second-order valence-corrected chi connectivity index (χ2v) is 3.47. The van der Waals surface area contributed by atoms with Crippen molar-refractivity contribution in [3.8, 4) is 5.75 Å². The number of phenols is 1. The van der Waals surface area contributed by atoms with E-state index in [0.717, 1.165) is 0 Å². The molecule has 14 heavy (non-hydrogen) atoms. The summed E-state index contributed by atoms with van der Waals surface area (Å²) in [6.45, 7) is 1.77. The van der Waals surface area contributed by atoms with E-state index in [1.165, 1.54) is 12.1 Å². The zero-order valence-electron chi connectivity index (χ0n) is 7.38. The average molecular weight is 212 g/mol. The fraction of sp³-hybridized carbons (Fsp3) is 0.100. The van der Waals surface area contributed by atoms with E-state index < -0.39 is 11.6 Å². The molecule has 1 aromatic carbocycles. The van der Waals surface area contributed by atoms with Crippen molar-refractivity contribution < 1.29 is 9.50 Å². The number of halogens is 2. The summed E-state index contributed by atoms with van der Waals surface area (Å²) in [6.07, 6.45) is 0. The summed E-state index contributed by atoms with van der Waals surface area (Å²) in [5.74, 6) is -1.10. The molecule has 2 aromatic rings. The first kappa shape index (κ1) is 9.21. The van der Waals surface area contributed by atoms with Crippen LogP contribution in [0.4, 0.5) is 4.39 Å². The molecule has 72 valence electrons. The lowest BCUT2D eigenvalue weighted by molar-refractivity contribution is 0.433. The Morgan fingerprint density at radius 2 is 2.07 bits per heavy atom. The molecule has 0 amide bonds. The molecule has 4 heteroatoms. The second-order valence-electron chi connectivity index (χ2n) is 3.07. The van der Waals surface area contributed by atoms with Crippen molar-refractivity contribution in [1.82, 2.24) is 4.98 Å². The number of nitrogens with zero attached hydrogens (tertiary/aromatic N) is 1. The Hall–Kier alpha value is -1.35. The minimum absolute atomic E-state index is 0.412. The van der Waals surface area contributed by atoms with E-state index in [1.54, 1.807) is 13.0 Å². The van der Waals surface area contributed by atoms with Crippen LogP contribution in [0, 0.1) is 12.7 Å². The highest BCUT2D eigenvalue weighted by Crippen LogP contribution is 2.28. The number of hydrogen-bond donors (Lipinski definition) is 1. The highest BCUT2D eigenvalue weighted by Gasteiger charge is 2.07. The van der Waals surface area contributed by atoms with Gasteiger partial charge in [-0.1, -0.05) is 11.6 Å². The Bertz CT molecular complexity index is 513. The Morgan fingerprint density at radius 1 is 1.36 bits per heavy atom. The van der Waals surface area contributed by atoms with Crippen LogP contribution in [0.3, 0.4) is 0 Å². The minimum Gasteiger partial charge on any atom is -0.505 e. The molecule has 0 aliphatic rings. The highest BCUT2D eigenvalue weighted by molar-refractivity contribution is 6.35. The molecule has 1 heterocycles. The van der Waals surface area contributed by atoms with Crippen LogP contribution in [0.1, 0.15) is 5.69 Å². The number of aromatic hydroxyl groups is 1. The van der Waals surface area contributed by atoms with E-state index in [1.807, 2.05) is 0 Å². The van der Waals surface area contributed by atoms with Crippen LogP contribution < -0.4 is 0 Å². The van der Waals surface area contributed by atoms with Gasteiger partial charge in [0.15, 0.2) is 11.6 Å². The van der Waals surface area contributed by atoms with Gasteiger partial charge in [-0.2, -0.15) is 0 Å². The predicted molar refractivity (Wildman–Crippen MR) is 53.1 cm³/mol. The van der Waals surface area contributed by atoms with Crippen molar-refractivity contribution in [3.63, 3.8) is 0 Å². The third kappa shape index (κ3) is 1.40. The Kier molecular flexibility index (Phi) is 2.04. The first-order chi connectivity index (χ1) is 6.58. The van der Waals surface area contributed by atoms with E-state index >= 15 is 0 Å². The van der Waals surface area contributed by atoms with E-state index in [0.29, 0.717) is 21.6 Å². The van der Waals surface area contributed by atoms with Crippen molar-refractivity contribution in [2.45, 2.75) is 6.92 Å². The molecule has 0 radical (unpaired) electrons. The molecule has 0 aliphatic carbocycles. The van der Waals surface area contributed by atoms with Gasteiger partial charge in [0.25, 0.3) is 0 Å². The molecule has 2 rings (SSSR count). The van der Waals surface area contributed by atoms with Gasteiger partial charge in [-0.25, -0.2) is 4.39 Å². The van der Waals surface area contributed by atoms with Gasteiger partial charge in [-0.05, 0) is 19.1 Å². The van der Waals surface area contributed by atoms with E-state index in [4.69, 9.17) is 16.7 Å². The number of rotatable bonds is 0. The van der Waals surface area contributed by atoms with Gasteiger partial charge in [-0.15, -0.1) is 0 Å². The fourth-order valence-electron chi connectivity index (χ4n) is 1.32. The van der Waals surface area contributed by atoms with Crippen LogP contribution in [-0.2, 0) is 0 Å². The number of fused-ring (bicyclic) bond motifs is 1. The Balaban J connectivity index is 2.89. The lowest BCUT2D eigenvalue weighted by Gasteiger charge is -2.03. The van der Waals surface area contributed by atoms with Crippen LogP contribution in [0.15, 0.2) is 18.2 Å². The third-order valence-corrected chi connectivity index (χ3v) is 2.27. The summed E-state index contributed by atoms with van der Waals surface area (Å²) in [4.78, 5) is 4.10. The summed E-state index contributed by atoms with van der Waals surface area (Å²) in [7, 11) is 0. The molecular weight excluding hydrogens is 205 g/mol. The number of pyridine rings is 1. The maximum Gasteiger partial charge on any atom is 0.166 e. The molecule has 1 N–H and O–H groups in total. The van der Waals surface area contributed by atoms with Crippen LogP contribution in [0.5, 0.6) is 5.75 Å². The van der Waals surface area contributed by atoms with Gasteiger partial charge in [-0.3, -0.25) is 4.98 Å². The van der Waals surface area contributed by atoms with Crippen molar-refractivity contribution in [2.24, 2.45) is 0 Å². The molecule has 0 fully saturated rings. The van der Waals surface area contributed by atoms with Crippen molar-refractivity contribution in [3.05, 3.63) is 34.7 Å². The number of phenolic OH excluding ortho intramolecular Hbond substituents is 1. The van der Waals surface area contributed by atoms with E-state index in [2.05, 4.69) is 4.98 Å². The minimum atomic E-state index is -0.688. The predicted octanol–water partition coefficient (Wildman–Crippen LogP) is 3.04. The molecule has 2 nitrogen and oxygen atoms in total. The van der Waals surface area contributed by atoms with Gasteiger partial charge in [0.2, 0.25) is 0 Å². The summed E-state index contributed by atoms with van der Waals surface area (Å²) in [6, 6.07) is 4.12. The molecule has 0 saturated carbocycles. The van der Waals surface area contributed by atoms with Crippen LogP contribution in [0.25, 0.3) is 10.9 Å². The number of aryl methyl sites for hydroxylation is 1. The maximum absolute atomic E-state index is 13.0. The molecule has 1 aromatic heterocycles. The molecule has 0 spiro atoms. The van der Waals surface area contributed by atoms with Gasteiger partial charge >= 0.3 is 0 Å². The normalized spacial score (nSPS) is 10.8. The highest BCUT2D eigenvalue weighted by atomic mass is 35.5. The summed E-state index contributed by atoms with van der Waals surface area (Å²) in [5.41, 5.74) is 1.16. The standard InChI is InChI=1S/C10H7ClFNO/c1-5-2-7(11)6-3-10(14)8(12)4-9(6)13-5/h2-4,14H,1H3. The van der Waals surface area contributed by atoms with Gasteiger partial charge in [0, 0.05) is 17.1 Å². The second kappa shape index (κ2) is 3.10. The fourth-order valence-corrected chi connectivity index (χ4v) is 1.63. The van der Waals surface area contributed by atoms with Gasteiger partial charge in [0.1, 0.15) is 0 Å². The van der Waals surface area contributed by atoms with Crippen molar-refractivity contribution in [1.29, 1.82) is 0 Å². The number of hydrogen-bond acceptors (Lipinski definition) is 2.